The van der Waals surface area contributed by atoms with E-state index in [4.69, 9.17) is 10.8 Å². The molecule has 1 aromatic carbocycles. The van der Waals surface area contributed by atoms with Crippen molar-refractivity contribution in [2.45, 2.75) is 25.7 Å². The third kappa shape index (κ3) is 2.66. The molecule has 18 heavy (non-hydrogen) atoms. The molecule has 0 bridgehead atoms. The van der Waals surface area contributed by atoms with Gasteiger partial charge in [-0.3, -0.25) is 0 Å². The first-order chi connectivity index (χ1) is 8.36. The van der Waals surface area contributed by atoms with Gasteiger partial charge in [-0.05, 0) is 31.0 Å². The van der Waals surface area contributed by atoms with Crippen molar-refractivity contribution in [1.82, 2.24) is 4.31 Å². The van der Waals surface area contributed by atoms with Crippen LogP contribution in [0.3, 0.4) is 0 Å². The van der Waals surface area contributed by atoms with E-state index in [0.717, 1.165) is 0 Å². The minimum Gasteiger partial charge on any atom is -0.398 e. The summed E-state index contributed by atoms with van der Waals surface area (Å²) in [6, 6.07) is 3.40. The van der Waals surface area contributed by atoms with Gasteiger partial charge in [-0.15, -0.1) is 0 Å². The highest BCUT2D eigenvalue weighted by Gasteiger charge is 2.26. The zero-order valence-electron chi connectivity index (χ0n) is 11.0. The summed E-state index contributed by atoms with van der Waals surface area (Å²) in [6.07, 6.45) is 0. The maximum atomic E-state index is 12.5. The summed E-state index contributed by atoms with van der Waals surface area (Å²) in [5, 5.41) is 8.94. The monoisotopic (exact) mass is 272 g/mol. The Morgan fingerprint density at radius 3 is 2.44 bits per heavy atom. The normalized spacial score (nSPS) is 12.1. The van der Waals surface area contributed by atoms with Crippen molar-refractivity contribution in [3.05, 3.63) is 23.3 Å². The summed E-state index contributed by atoms with van der Waals surface area (Å²) in [6.45, 7) is 5.38. The lowest BCUT2D eigenvalue weighted by molar-refractivity contribution is 0.257. The number of hydrogen-bond acceptors (Lipinski definition) is 4. The molecule has 0 aliphatic heterocycles. The van der Waals surface area contributed by atoms with Gasteiger partial charge in [0.25, 0.3) is 0 Å². The number of anilines is 1. The lowest BCUT2D eigenvalue weighted by atomic mass is 10.1. The Balaban J connectivity index is 3.40. The molecule has 0 spiro atoms. The molecular formula is C12H20N2O3S. The van der Waals surface area contributed by atoms with E-state index in [0.29, 0.717) is 23.4 Å². The molecular weight excluding hydrogens is 252 g/mol. The molecule has 0 amide bonds. The molecule has 0 saturated heterocycles. The van der Waals surface area contributed by atoms with Crippen LogP contribution in [-0.2, 0) is 10.0 Å². The maximum Gasteiger partial charge on any atom is 0.243 e. The maximum absolute atomic E-state index is 12.5. The predicted octanol–water partition coefficient (Wildman–Crippen LogP) is 0.889. The van der Waals surface area contributed by atoms with Gasteiger partial charge in [0, 0.05) is 18.8 Å². The van der Waals surface area contributed by atoms with Crippen molar-refractivity contribution in [1.29, 1.82) is 0 Å². The van der Waals surface area contributed by atoms with Gasteiger partial charge in [0.05, 0.1) is 11.5 Å². The molecule has 0 atom stereocenters. The summed E-state index contributed by atoms with van der Waals surface area (Å²) in [5.41, 5.74) is 7.45. The third-order valence-electron chi connectivity index (χ3n) is 2.94. The van der Waals surface area contributed by atoms with E-state index < -0.39 is 10.0 Å². The van der Waals surface area contributed by atoms with Gasteiger partial charge in [0.15, 0.2) is 0 Å². The number of rotatable bonds is 5. The van der Waals surface area contributed by atoms with Crippen LogP contribution in [0.2, 0.25) is 0 Å². The number of benzene rings is 1. The Hall–Kier alpha value is -1.11. The molecule has 5 nitrogen and oxygen atoms in total. The predicted molar refractivity (Wildman–Crippen MR) is 71.8 cm³/mol. The highest BCUT2D eigenvalue weighted by Crippen LogP contribution is 2.27. The molecule has 0 unspecified atom stereocenters. The molecule has 0 saturated carbocycles. The van der Waals surface area contributed by atoms with Crippen LogP contribution in [0.15, 0.2) is 17.0 Å². The van der Waals surface area contributed by atoms with Gasteiger partial charge in [-0.25, -0.2) is 8.42 Å². The number of aliphatic hydroxyl groups excluding tert-OH is 1. The number of aliphatic hydroxyl groups is 1. The van der Waals surface area contributed by atoms with Crippen LogP contribution >= 0.6 is 0 Å². The average molecular weight is 272 g/mol. The fourth-order valence-electron chi connectivity index (χ4n) is 1.93. The molecule has 1 aromatic rings. The number of nitrogens with two attached hydrogens (primary N) is 1. The molecule has 0 heterocycles. The summed E-state index contributed by atoms with van der Waals surface area (Å²) < 4.78 is 26.3. The summed E-state index contributed by atoms with van der Waals surface area (Å²) in [7, 11) is -3.60. The van der Waals surface area contributed by atoms with E-state index in [1.807, 2.05) is 0 Å². The largest absolute Gasteiger partial charge is 0.398 e. The van der Waals surface area contributed by atoms with Crippen molar-refractivity contribution in [2.75, 3.05) is 25.4 Å². The zero-order valence-corrected chi connectivity index (χ0v) is 11.8. The second-order valence-corrected chi connectivity index (χ2v) is 6.02. The van der Waals surface area contributed by atoms with Gasteiger partial charge in [0.2, 0.25) is 10.0 Å². The number of sulfonamides is 1. The molecule has 0 aliphatic rings. The van der Waals surface area contributed by atoms with Crippen LogP contribution in [0.25, 0.3) is 0 Å². The van der Waals surface area contributed by atoms with Crippen LogP contribution in [0.5, 0.6) is 0 Å². The molecule has 6 heteroatoms. The van der Waals surface area contributed by atoms with Crippen LogP contribution in [0, 0.1) is 13.8 Å². The minimum atomic E-state index is -3.60. The van der Waals surface area contributed by atoms with Crippen LogP contribution in [0.1, 0.15) is 18.1 Å². The molecule has 0 fully saturated rings. The van der Waals surface area contributed by atoms with Crippen molar-refractivity contribution < 1.29 is 13.5 Å². The van der Waals surface area contributed by atoms with Gasteiger partial charge >= 0.3 is 0 Å². The van der Waals surface area contributed by atoms with E-state index in [-0.39, 0.29) is 18.0 Å². The molecule has 3 N–H and O–H groups in total. The highest BCUT2D eigenvalue weighted by atomic mass is 32.2. The lowest BCUT2D eigenvalue weighted by Gasteiger charge is -2.22. The smallest absolute Gasteiger partial charge is 0.243 e. The summed E-state index contributed by atoms with van der Waals surface area (Å²) in [4.78, 5) is 0.248. The second kappa shape index (κ2) is 5.69. The molecule has 0 aliphatic carbocycles. The summed E-state index contributed by atoms with van der Waals surface area (Å²) in [5.74, 6) is 0. The third-order valence-corrected chi connectivity index (χ3v) is 5.21. The first-order valence-corrected chi connectivity index (χ1v) is 7.27. The number of nitrogen functional groups attached to an aromatic ring is 1. The molecule has 102 valence electrons. The van der Waals surface area contributed by atoms with Crippen molar-refractivity contribution >= 4 is 15.7 Å². The molecule has 1 rings (SSSR count). The van der Waals surface area contributed by atoms with Crippen LogP contribution < -0.4 is 5.73 Å². The lowest BCUT2D eigenvalue weighted by Crippen LogP contribution is -2.34. The SMILES string of the molecule is CCN(CCO)S(=O)(=O)c1c(C)ccc(N)c1C. The topological polar surface area (TPSA) is 83.6 Å². The Kier molecular flexibility index (Phi) is 4.72. The van der Waals surface area contributed by atoms with E-state index in [1.165, 1.54) is 4.31 Å². The minimum absolute atomic E-state index is 0.0898. The first-order valence-electron chi connectivity index (χ1n) is 5.83. The van der Waals surface area contributed by atoms with Crippen LogP contribution in [-0.4, -0.2) is 37.5 Å². The van der Waals surface area contributed by atoms with E-state index in [1.54, 1.807) is 32.9 Å². The number of aryl methyl sites for hydroxylation is 1. The van der Waals surface area contributed by atoms with Gasteiger partial charge in [0.1, 0.15) is 0 Å². The number of nitrogens with zero attached hydrogens (tertiary/aromatic N) is 1. The second-order valence-electron chi connectivity index (χ2n) is 4.15. The summed E-state index contributed by atoms with van der Waals surface area (Å²) >= 11 is 0. The number of hydrogen-bond donors (Lipinski definition) is 2. The first kappa shape index (κ1) is 14.9. The van der Waals surface area contributed by atoms with Crippen molar-refractivity contribution in [3.63, 3.8) is 0 Å². The Bertz CT molecular complexity index is 526. The fraction of sp³-hybridized carbons (Fsp3) is 0.500. The van der Waals surface area contributed by atoms with E-state index in [9.17, 15) is 8.42 Å². The van der Waals surface area contributed by atoms with Crippen molar-refractivity contribution in [3.8, 4) is 0 Å². The van der Waals surface area contributed by atoms with Crippen molar-refractivity contribution in [2.24, 2.45) is 0 Å². The van der Waals surface area contributed by atoms with E-state index >= 15 is 0 Å². The average Bonchev–Trinajstić information content (AvgIpc) is 2.30. The van der Waals surface area contributed by atoms with Gasteiger partial charge < -0.3 is 10.8 Å². The Morgan fingerprint density at radius 2 is 1.94 bits per heavy atom. The zero-order chi connectivity index (χ0) is 13.9. The van der Waals surface area contributed by atoms with Gasteiger partial charge in [-0.2, -0.15) is 4.31 Å². The molecule has 0 aromatic heterocycles. The quantitative estimate of drug-likeness (QED) is 0.780. The van der Waals surface area contributed by atoms with Gasteiger partial charge in [-0.1, -0.05) is 13.0 Å². The Labute approximate surface area is 108 Å². The molecule has 0 radical (unpaired) electrons. The fourth-order valence-corrected chi connectivity index (χ4v) is 3.83. The van der Waals surface area contributed by atoms with Crippen LogP contribution in [0.4, 0.5) is 5.69 Å². The van der Waals surface area contributed by atoms with E-state index in [2.05, 4.69) is 0 Å². The Morgan fingerprint density at radius 1 is 1.33 bits per heavy atom. The number of likely N-dealkylation sites (N-methyl/N-ethyl adjacent to an activating group) is 1. The standard InChI is InChI=1S/C12H20N2O3S/c1-4-14(7-8-15)18(16,17)12-9(2)5-6-11(13)10(12)3/h5-6,15H,4,7-8,13H2,1-3H3. The highest BCUT2D eigenvalue weighted by molar-refractivity contribution is 7.89.